The highest BCUT2D eigenvalue weighted by Gasteiger charge is 2.28. The van der Waals surface area contributed by atoms with Crippen LogP contribution in [0.1, 0.15) is 30.5 Å². The molecule has 0 saturated carbocycles. The summed E-state index contributed by atoms with van der Waals surface area (Å²) in [6.45, 7) is 3.58. The Morgan fingerprint density at radius 2 is 2.20 bits per heavy atom. The van der Waals surface area contributed by atoms with Gasteiger partial charge in [-0.2, -0.15) is 5.10 Å². The number of amides is 1. The number of rotatable bonds is 4. The monoisotopic (exact) mass is 338 g/mol. The lowest BCUT2D eigenvalue weighted by atomic mass is 10.0. The van der Waals surface area contributed by atoms with Crippen LogP contribution < -0.4 is 0 Å². The maximum Gasteiger partial charge on any atom is 0.229 e. The van der Waals surface area contributed by atoms with Crippen LogP contribution in [-0.4, -0.2) is 38.3 Å². The van der Waals surface area contributed by atoms with Gasteiger partial charge in [0.25, 0.3) is 0 Å². The van der Waals surface area contributed by atoms with E-state index < -0.39 is 0 Å². The molecule has 6 nitrogen and oxygen atoms in total. The van der Waals surface area contributed by atoms with E-state index in [1.807, 2.05) is 53.2 Å². The number of likely N-dealkylation sites (tertiary alicyclic amines) is 1. The molecule has 1 atom stereocenters. The third-order valence-electron chi connectivity index (χ3n) is 4.88. The molecule has 1 aliphatic heterocycles. The molecule has 0 radical (unpaired) electrons. The lowest BCUT2D eigenvalue weighted by Gasteiger charge is -2.35. The third kappa shape index (κ3) is 3.29. The average molecular weight is 338 g/mol. The minimum atomic E-state index is 0.118. The Bertz CT molecular complexity index is 882. The van der Waals surface area contributed by atoms with Crippen LogP contribution in [0.3, 0.4) is 0 Å². The Labute approximate surface area is 146 Å². The summed E-state index contributed by atoms with van der Waals surface area (Å²) in [5, 5.41) is 9.40. The molecule has 2 aromatic heterocycles. The summed E-state index contributed by atoms with van der Waals surface area (Å²) in [4.78, 5) is 14.9. The van der Waals surface area contributed by atoms with Gasteiger partial charge >= 0.3 is 0 Å². The molecular formula is C19H22N4O2. The van der Waals surface area contributed by atoms with E-state index in [1.165, 1.54) is 0 Å². The lowest BCUT2D eigenvalue weighted by molar-refractivity contribution is -0.134. The fourth-order valence-corrected chi connectivity index (χ4v) is 3.61. The number of carbonyl (C=O) groups is 1. The second-order valence-corrected chi connectivity index (χ2v) is 6.78. The molecule has 3 heterocycles. The van der Waals surface area contributed by atoms with Crippen molar-refractivity contribution in [3.8, 4) is 0 Å². The number of carbonyl (C=O) groups excluding carboxylic acids is 1. The second kappa shape index (κ2) is 6.70. The number of hydrogen-bond donors (Lipinski definition) is 0. The zero-order chi connectivity index (χ0) is 17.2. The summed E-state index contributed by atoms with van der Waals surface area (Å²) >= 11 is 0. The number of aryl methyl sites for hydroxylation is 1. The number of para-hydroxylation sites is 1. The van der Waals surface area contributed by atoms with Crippen LogP contribution in [0, 0.1) is 6.92 Å². The van der Waals surface area contributed by atoms with E-state index in [-0.39, 0.29) is 18.4 Å². The Morgan fingerprint density at radius 3 is 3.04 bits per heavy atom. The Kier molecular flexibility index (Phi) is 4.26. The van der Waals surface area contributed by atoms with Crippen LogP contribution in [0.25, 0.3) is 11.0 Å². The normalized spacial score (nSPS) is 18.0. The molecule has 0 spiro atoms. The first kappa shape index (κ1) is 15.9. The Morgan fingerprint density at radius 1 is 1.32 bits per heavy atom. The van der Waals surface area contributed by atoms with Crippen LogP contribution in [0.2, 0.25) is 0 Å². The quantitative estimate of drug-likeness (QED) is 0.734. The predicted octanol–water partition coefficient (Wildman–Crippen LogP) is 2.96. The van der Waals surface area contributed by atoms with Crippen LogP contribution in [0.15, 0.2) is 41.2 Å². The molecule has 1 amide bonds. The van der Waals surface area contributed by atoms with Crippen molar-refractivity contribution in [3.63, 3.8) is 0 Å². The molecule has 130 valence electrons. The van der Waals surface area contributed by atoms with Crippen molar-refractivity contribution < 1.29 is 9.32 Å². The zero-order valence-corrected chi connectivity index (χ0v) is 14.4. The van der Waals surface area contributed by atoms with Crippen LogP contribution >= 0.6 is 0 Å². The molecule has 1 aromatic carbocycles. The minimum Gasteiger partial charge on any atom is -0.356 e. The molecular weight excluding hydrogens is 316 g/mol. The SMILES string of the molecule is Cc1cnn(CC2CCCCN2C(=O)Cc2noc3ccccc23)c1. The standard InChI is InChI=1S/C19H22N4O2/c1-14-11-20-22(12-14)13-15-6-4-5-9-23(15)19(24)10-17-16-7-2-3-8-18(16)25-21-17/h2-3,7-8,11-12,15H,4-6,9-10,13H2,1H3. The van der Waals surface area contributed by atoms with E-state index in [0.717, 1.165) is 54.6 Å². The summed E-state index contributed by atoms with van der Waals surface area (Å²) in [5.74, 6) is 0.118. The van der Waals surface area contributed by atoms with Crippen LogP contribution in [0.5, 0.6) is 0 Å². The van der Waals surface area contributed by atoms with Gasteiger partial charge in [0, 0.05) is 18.1 Å². The van der Waals surface area contributed by atoms with Crippen LogP contribution in [-0.2, 0) is 17.8 Å². The van der Waals surface area contributed by atoms with Gasteiger partial charge in [-0.1, -0.05) is 17.3 Å². The Balaban J connectivity index is 1.50. The number of aromatic nitrogens is 3. The largest absolute Gasteiger partial charge is 0.356 e. The topological polar surface area (TPSA) is 64.2 Å². The van der Waals surface area contributed by atoms with Gasteiger partial charge in [-0.15, -0.1) is 0 Å². The van der Waals surface area contributed by atoms with Gasteiger partial charge in [0.2, 0.25) is 5.91 Å². The number of fused-ring (bicyclic) bond motifs is 1. The van der Waals surface area contributed by atoms with E-state index in [2.05, 4.69) is 10.3 Å². The van der Waals surface area contributed by atoms with E-state index in [1.54, 1.807) is 0 Å². The highest BCUT2D eigenvalue weighted by atomic mass is 16.5. The van der Waals surface area contributed by atoms with Crippen molar-refractivity contribution in [3.05, 3.63) is 47.9 Å². The van der Waals surface area contributed by atoms with Gasteiger partial charge < -0.3 is 9.42 Å². The predicted molar refractivity (Wildman–Crippen MR) is 94.0 cm³/mol. The van der Waals surface area contributed by atoms with Crippen molar-refractivity contribution in [2.24, 2.45) is 0 Å². The molecule has 1 saturated heterocycles. The van der Waals surface area contributed by atoms with E-state index in [0.29, 0.717) is 0 Å². The highest BCUT2D eigenvalue weighted by molar-refractivity contribution is 5.86. The lowest BCUT2D eigenvalue weighted by Crippen LogP contribution is -2.46. The number of piperidine rings is 1. The highest BCUT2D eigenvalue weighted by Crippen LogP contribution is 2.22. The van der Waals surface area contributed by atoms with Crippen molar-refractivity contribution >= 4 is 16.9 Å². The fourth-order valence-electron chi connectivity index (χ4n) is 3.61. The molecule has 0 N–H and O–H groups in total. The average Bonchev–Trinajstić information content (AvgIpc) is 3.22. The van der Waals surface area contributed by atoms with Gasteiger partial charge in [-0.05, 0) is 43.9 Å². The first-order valence-electron chi connectivity index (χ1n) is 8.82. The van der Waals surface area contributed by atoms with Gasteiger partial charge in [0.05, 0.1) is 25.2 Å². The van der Waals surface area contributed by atoms with Crippen molar-refractivity contribution in [2.75, 3.05) is 6.54 Å². The maximum absolute atomic E-state index is 12.9. The van der Waals surface area contributed by atoms with Crippen molar-refractivity contribution in [2.45, 2.75) is 45.2 Å². The van der Waals surface area contributed by atoms with Gasteiger partial charge in [0.15, 0.2) is 5.58 Å². The zero-order valence-electron chi connectivity index (χ0n) is 14.4. The number of benzene rings is 1. The van der Waals surface area contributed by atoms with Gasteiger partial charge in [-0.25, -0.2) is 0 Å². The van der Waals surface area contributed by atoms with E-state index in [9.17, 15) is 4.79 Å². The van der Waals surface area contributed by atoms with Crippen LogP contribution in [0.4, 0.5) is 0 Å². The molecule has 6 heteroatoms. The van der Waals surface area contributed by atoms with Gasteiger partial charge in [0.1, 0.15) is 5.69 Å². The maximum atomic E-state index is 12.9. The summed E-state index contributed by atoms with van der Waals surface area (Å²) in [7, 11) is 0. The van der Waals surface area contributed by atoms with Crippen molar-refractivity contribution in [1.82, 2.24) is 19.8 Å². The third-order valence-corrected chi connectivity index (χ3v) is 4.88. The molecule has 0 aliphatic carbocycles. The van der Waals surface area contributed by atoms with E-state index in [4.69, 9.17) is 4.52 Å². The second-order valence-electron chi connectivity index (χ2n) is 6.78. The summed E-state index contributed by atoms with van der Waals surface area (Å²) in [6, 6.07) is 7.87. The first-order valence-corrected chi connectivity index (χ1v) is 8.82. The van der Waals surface area contributed by atoms with Crippen molar-refractivity contribution in [1.29, 1.82) is 0 Å². The molecule has 3 aromatic rings. The number of hydrogen-bond acceptors (Lipinski definition) is 4. The summed E-state index contributed by atoms with van der Waals surface area (Å²) in [5.41, 5.74) is 2.59. The summed E-state index contributed by atoms with van der Waals surface area (Å²) < 4.78 is 7.27. The minimum absolute atomic E-state index is 0.118. The molecule has 1 unspecified atom stereocenters. The fraction of sp³-hybridized carbons (Fsp3) is 0.421. The molecule has 4 rings (SSSR count). The first-order chi connectivity index (χ1) is 12.2. The van der Waals surface area contributed by atoms with E-state index >= 15 is 0 Å². The molecule has 1 fully saturated rings. The summed E-state index contributed by atoms with van der Waals surface area (Å²) in [6.07, 6.45) is 7.40. The molecule has 0 bridgehead atoms. The molecule has 25 heavy (non-hydrogen) atoms. The smallest absolute Gasteiger partial charge is 0.229 e. The number of nitrogens with zero attached hydrogens (tertiary/aromatic N) is 4. The molecule has 1 aliphatic rings. The van der Waals surface area contributed by atoms with Gasteiger partial charge in [-0.3, -0.25) is 9.48 Å². The Hall–Kier alpha value is -2.63.